The average Bonchev–Trinajstić information content (AvgIpc) is 2.35. The van der Waals surface area contributed by atoms with Gasteiger partial charge in [-0.25, -0.2) is 0 Å². The fraction of sp³-hybridized carbons (Fsp3) is 0.450. The Morgan fingerprint density at radius 2 is 1.81 bits per heavy atom. The molecule has 1 aromatic rings. The van der Waals surface area contributed by atoms with E-state index in [-0.39, 0.29) is 11.2 Å². The van der Waals surface area contributed by atoms with Crippen molar-refractivity contribution < 1.29 is 4.79 Å². The van der Waals surface area contributed by atoms with Gasteiger partial charge in [0.15, 0.2) is 5.78 Å². The number of benzene rings is 1. The molecule has 0 bridgehead atoms. The zero-order valence-electron chi connectivity index (χ0n) is 13.7. The molecule has 0 radical (unpaired) electrons. The third-order valence-corrected chi connectivity index (χ3v) is 3.92. The first-order chi connectivity index (χ1) is 9.77. The highest BCUT2D eigenvalue weighted by Gasteiger charge is 2.25. The Morgan fingerprint density at radius 3 is 2.33 bits per heavy atom. The fourth-order valence-electron chi connectivity index (χ4n) is 3.09. The van der Waals surface area contributed by atoms with Crippen LogP contribution in [0, 0.1) is 11.3 Å². The summed E-state index contributed by atoms with van der Waals surface area (Å²) in [5.74, 6) is 0.640. The van der Waals surface area contributed by atoms with Crippen LogP contribution < -0.4 is 0 Å². The lowest BCUT2D eigenvalue weighted by Crippen LogP contribution is -2.16. The van der Waals surface area contributed by atoms with E-state index in [1.807, 2.05) is 12.1 Å². The number of allylic oxidation sites excluding steroid dienone is 3. The van der Waals surface area contributed by atoms with Crippen LogP contribution in [-0.4, -0.2) is 5.78 Å². The minimum atomic E-state index is 0.235. The molecule has 1 aliphatic carbocycles. The van der Waals surface area contributed by atoms with Crippen LogP contribution in [0.2, 0.25) is 0 Å². The van der Waals surface area contributed by atoms with E-state index in [1.54, 1.807) is 0 Å². The van der Waals surface area contributed by atoms with Gasteiger partial charge >= 0.3 is 0 Å². The summed E-state index contributed by atoms with van der Waals surface area (Å²) in [5, 5.41) is 0. The number of carbonyl (C=O) groups is 1. The summed E-state index contributed by atoms with van der Waals surface area (Å²) in [7, 11) is 0. The van der Waals surface area contributed by atoms with E-state index in [0.717, 1.165) is 18.4 Å². The van der Waals surface area contributed by atoms with Crippen molar-refractivity contribution in [1.82, 2.24) is 0 Å². The lowest BCUT2D eigenvalue weighted by Gasteiger charge is -2.31. The average molecular weight is 282 g/mol. The molecule has 0 aromatic heterocycles. The standard InChI is InChI=1S/C20H26O/c1-14(2)10-19(21)17-8-6-16(7-9-17)18-11-15(3)12-20(4,5)13-18/h6-9,11,14H,3,10,12-13H2,1-2,4-5H3. The summed E-state index contributed by atoms with van der Waals surface area (Å²) in [6.45, 7) is 12.9. The normalized spacial score (nSPS) is 17.8. The quantitative estimate of drug-likeness (QED) is 0.650. The fourth-order valence-corrected chi connectivity index (χ4v) is 3.09. The molecule has 1 heteroatoms. The first-order valence-corrected chi connectivity index (χ1v) is 7.79. The number of ketones is 1. The monoisotopic (exact) mass is 282 g/mol. The Kier molecular flexibility index (Phi) is 4.51. The molecule has 1 aromatic carbocycles. The number of carbonyl (C=O) groups excluding carboxylic acids is 1. The van der Waals surface area contributed by atoms with Crippen molar-refractivity contribution in [3.63, 3.8) is 0 Å². The second kappa shape index (κ2) is 6.01. The van der Waals surface area contributed by atoms with Crippen molar-refractivity contribution in [2.75, 3.05) is 0 Å². The van der Waals surface area contributed by atoms with Crippen molar-refractivity contribution in [2.24, 2.45) is 11.3 Å². The molecule has 1 aliphatic rings. The van der Waals surface area contributed by atoms with E-state index in [1.165, 1.54) is 16.7 Å². The topological polar surface area (TPSA) is 17.1 Å². The van der Waals surface area contributed by atoms with E-state index < -0.39 is 0 Å². The molecular weight excluding hydrogens is 256 g/mol. The molecular formula is C20H26O. The Bertz CT molecular complexity index is 570. The van der Waals surface area contributed by atoms with Gasteiger partial charge in [0.2, 0.25) is 0 Å². The zero-order valence-corrected chi connectivity index (χ0v) is 13.7. The molecule has 21 heavy (non-hydrogen) atoms. The van der Waals surface area contributed by atoms with Crippen molar-refractivity contribution in [2.45, 2.75) is 47.0 Å². The van der Waals surface area contributed by atoms with Gasteiger partial charge in [0, 0.05) is 12.0 Å². The van der Waals surface area contributed by atoms with E-state index in [4.69, 9.17) is 0 Å². The Labute approximate surface area is 128 Å². The molecule has 0 atom stereocenters. The smallest absolute Gasteiger partial charge is 0.163 e. The van der Waals surface area contributed by atoms with Gasteiger partial charge in [-0.2, -0.15) is 0 Å². The van der Waals surface area contributed by atoms with E-state index in [0.29, 0.717) is 12.3 Å². The maximum Gasteiger partial charge on any atom is 0.163 e. The van der Waals surface area contributed by atoms with Gasteiger partial charge in [-0.05, 0) is 35.3 Å². The second-order valence-corrected chi connectivity index (χ2v) is 7.44. The van der Waals surface area contributed by atoms with E-state index >= 15 is 0 Å². The van der Waals surface area contributed by atoms with Crippen molar-refractivity contribution in [3.8, 4) is 0 Å². The maximum atomic E-state index is 12.1. The van der Waals surface area contributed by atoms with Crippen LogP contribution in [0.4, 0.5) is 0 Å². The van der Waals surface area contributed by atoms with Crippen LogP contribution in [0.5, 0.6) is 0 Å². The number of rotatable bonds is 4. The van der Waals surface area contributed by atoms with Crippen molar-refractivity contribution in [3.05, 3.63) is 53.6 Å². The van der Waals surface area contributed by atoms with Gasteiger partial charge in [0.1, 0.15) is 0 Å². The van der Waals surface area contributed by atoms with Crippen LogP contribution in [-0.2, 0) is 0 Å². The SMILES string of the molecule is C=C1C=C(c2ccc(C(=O)CC(C)C)cc2)CC(C)(C)C1. The lowest BCUT2D eigenvalue weighted by molar-refractivity contribution is 0.0968. The van der Waals surface area contributed by atoms with Crippen LogP contribution >= 0.6 is 0 Å². The first kappa shape index (κ1) is 15.8. The molecule has 0 heterocycles. The summed E-state index contributed by atoms with van der Waals surface area (Å²) in [4.78, 5) is 12.1. The van der Waals surface area contributed by atoms with E-state index in [2.05, 4.69) is 52.5 Å². The summed E-state index contributed by atoms with van der Waals surface area (Å²) < 4.78 is 0. The van der Waals surface area contributed by atoms with Crippen LogP contribution in [0.1, 0.15) is 62.9 Å². The molecule has 0 unspecified atom stereocenters. The molecule has 1 nitrogen and oxygen atoms in total. The highest BCUT2D eigenvalue weighted by Crippen LogP contribution is 2.41. The summed E-state index contributed by atoms with van der Waals surface area (Å²) >= 11 is 0. The Morgan fingerprint density at radius 1 is 1.19 bits per heavy atom. The Hall–Kier alpha value is -1.63. The van der Waals surface area contributed by atoms with Crippen LogP contribution in [0.3, 0.4) is 0 Å². The van der Waals surface area contributed by atoms with Gasteiger partial charge in [-0.15, -0.1) is 0 Å². The third-order valence-electron chi connectivity index (χ3n) is 3.92. The van der Waals surface area contributed by atoms with Crippen LogP contribution in [0.15, 0.2) is 42.5 Å². The largest absolute Gasteiger partial charge is 0.294 e. The minimum absolute atomic E-state index is 0.235. The first-order valence-electron chi connectivity index (χ1n) is 7.79. The third kappa shape index (κ3) is 4.17. The highest BCUT2D eigenvalue weighted by molar-refractivity contribution is 5.96. The van der Waals surface area contributed by atoms with Gasteiger partial charge in [0.05, 0.1) is 0 Å². The van der Waals surface area contributed by atoms with Crippen LogP contribution in [0.25, 0.3) is 5.57 Å². The van der Waals surface area contributed by atoms with Gasteiger partial charge < -0.3 is 0 Å². The molecule has 112 valence electrons. The molecule has 0 saturated heterocycles. The number of hydrogen-bond donors (Lipinski definition) is 0. The molecule has 2 rings (SSSR count). The molecule has 0 fully saturated rings. The number of Topliss-reactive ketones (excluding diaryl/α,β-unsaturated/α-hetero) is 1. The molecule has 0 amide bonds. The minimum Gasteiger partial charge on any atom is -0.294 e. The Balaban J connectivity index is 2.19. The summed E-state index contributed by atoms with van der Waals surface area (Å²) in [6.07, 6.45) is 4.94. The molecule has 0 spiro atoms. The number of hydrogen-bond acceptors (Lipinski definition) is 1. The molecule has 0 saturated carbocycles. The van der Waals surface area contributed by atoms with Gasteiger partial charge in [-0.1, -0.05) is 70.2 Å². The predicted octanol–water partition coefficient (Wildman–Crippen LogP) is 5.68. The molecule has 0 aliphatic heterocycles. The second-order valence-electron chi connectivity index (χ2n) is 7.44. The molecule has 0 N–H and O–H groups in total. The van der Waals surface area contributed by atoms with E-state index in [9.17, 15) is 4.79 Å². The zero-order chi connectivity index (χ0) is 15.6. The van der Waals surface area contributed by atoms with Crippen molar-refractivity contribution >= 4 is 11.4 Å². The van der Waals surface area contributed by atoms with Gasteiger partial charge in [0.25, 0.3) is 0 Å². The predicted molar refractivity (Wildman–Crippen MR) is 90.4 cm³/mol. The summed E-state index contributed by atoms with van der Waals surface area (Å²) in [5.41, 5.74) is 4.83. The maximum absolute atomic E-state index is 12.1. The highest BCUT2D eigenvalue weighted by atomic mass is 16.1. The summed E-state index contributed by atoms with van der Waals surface area (Å²) in [6, 6.07) is 8.08. The lowest BCUT2D eigenvalue weighted by atomic mass is 9.74. The van der Waals surface area contributed by atoms with Crippen molar-refractivity contribution in [1.29, 1.82) is 0 Å². The van der Waals surface area contributed by atoms with Gasteiger partial charge in [-0.3, -0.25) is 4.79 Å².